The predicted octanol–water partition coefficient (Wildman–Crippen LogP) is 29.4. The molecule has 0 amide bonds. The van der Waals surface area contributed by atoms with Gasteiger partial charge in [0, 0.05) is 82.3 Å². The van der Waals surface area contributed by atoms with E-state index in [1.165, 1.54) is 0 Å². The molecule has 0 fully saturated rings. The van der Waals surface area contributed by atoms with Gasteiger partial charge in [0.1, 0.15) is 29.1 Å². The van der Waals surface area contributed by atoms with Gasteiger partial charge in [0.05, 0.1) is 176 Å². The Morgan fingerprint density at radius 1 is 0.136 bits per heavy atom. The van der Waals surface area contributed by atoms with Crippen LogP contribution in [-0.2, 0) is 0 Å². The fourth-order valence-electron chi connectivity index (χ4n) is 17.6. The molecule has 6 aliphatic heterocycles. The van der Waals surface area contributed by atoms with Crippen molar-refractivity contribution in [1.82, 2.24) is 89.7 Å². The van der Waals surface area contributed by atoms with E-state index < -0.39 is 0 Å². The molecule has 21 aromatic rings. The molecule has 0 aliphatic carbocycles. The van der Waals surface area contributed by atoms with Gasteiger partial charge in [-0.25, -0.2) is 9.97 Å². The van der Waals surface area contributed by atoms with Gasteiger partial charge in [-0.15, -0.1) is 0 Å². The molecule has 0 saturated heterocycles. The molecule has 24 bridgehead atoms. The molecular formula is C96H30Cl24Mg3N24+6. The SMILES string of the molecule is Clc1cc2c(cc1Cl)-c1nc3[n-]c(nc4[nH+]c(nc5[n-]c(nc-2[nH+]1)c1cc(Cl)c(Cl)cc51)-c1cc(Cl)c(Cl)cc1-4)c1cc(Cl)c(Cl)cc31.Clc1cc2c3nc4[nH+]c(nc5[n-]c(nc6[nH+]c(nc([n-]3)c2cc1Cl)-c1c(Cl)ccc(Cl)c1-6)c1cc(Cl)c(Cl)cc51)-c1c(Cl)ccc(Cl)c1-4.Clc1ccc(Cl)c2c1-c1nc3[n-]c(nc4[nH+]c(nc5[n-]c(nc-2[nH+]1)c1c(Cl)ccc(Cl)c51)-c1c(Cl)ccc(Cl)c1-4)c1c(Cl)ccc(Cl)c31.[Mg+2].[Mg+2].[Mg+2]. The van der Waals surface area contributed by atoms with Crippen LogP contribution in [0.15, 0.2) is 146 Å². The molecule has 27 rings (SSSR count). The molecule has 24 nitrogen and oxygen atoms in total. The molecule has 0 saturated carbocycles. The number of nitrogens with one attached hydrogen (secondary N) is 6. The summed E-state index contributed by atoms with van der Waals surface area (Å²) >= 11 is 159. The number of benzene rings is 12. The average Bonchev–Trinajstić information content (AvgIpc) is 1.59. The first-order valence-electron chi connectivity index (χ1n) is 41.5. The van der Waals surface area contributed by atoms with Crippen LogP contribution in [0.5, 0.6) is 0 Å². The van der Waals surface area contributed by atoms with E-state index in [0.29, 0.717) is 344 Å². The standard InChI is InChI=1S/3C32H8Cl8N8.3Mg/c33-17-1-9-10(2-18(17)34)26-41-25(9)45-27-11-3-19(35)20(36)4-12(11)29(42-27)47-31-15-7-23(39)24(40)8-16(15)32(44-31)48-30-14-6-22(38)21(37)5-13(14)28(43-30)46-26;33-13-1-2-14(34)22-21(13)29-43-25-9-5-17(37)18(38)6-10(9)27(41-25)45-31-23-15(35)3-4-16(36)24(23)32(48-31)46-28-12-8-20(40)19(39)7-11(12)26(42-28)44-30(22)47-29;33-9-1-2-10(34)18-17(9)25-41-26(18)46-28-21-13(37)5-6-14(38)22(21)30(43-28)48-32-24-16(40)8-7-15(39)23(24)31(44-32)47-29-20-12(36)4-3-11(35)19(20)27(42-29)45-25;;;/h3*1-8H;;;/q3*-2;3*+2/p+6. The molecule has 0 radical (unpaired) electrons. The molecule has 9 aromatic heterocycles. The minimum absolute atomic E-state index is 0. The maximum absolute atomic E-state index is 6.77. The van der Waals surface area contributed by atoms with Gasteiger partial charge in [-0.2, -0.15) is 0 Å². The van der Waals surface area contributed by atoms with Crippen molar-refractivity contribution in [3.63, 3.8) is 0 Å². The minimum Gasteiger partial charge on any atom is -0.357 e. The quantitative estimate of drug-likeness (QED) is 0.127. The number of nitrogens with zero attached hydrogens (tertiary/aromatic N) is 18. The smallest absolute Gasteiger partial charge is 0.357 e. The van der Waals surface area contributed by atoms with Crippen LogP contribution in [0, 0.1) is 0 Å². The summed E-state index contributed by atoms with van der Waals surface area (Å²) in [4.78, 5) is 108. The van der Waals surface area contributed by atoms with E-state index in [9.17, 15) is 0 Å². The molecule has 12 aromatic carbocycles. The zero-order valence-corrected chi connectivity index (χ0v) is 94.5. The molecule has 0 atom stereocenters. The summed E-state index contributed by atoms with van der Waals surface area (Å²) in [5.74, 6) is 4.18. The van der Waals surface area contributed by atoms with Crippen LogP contribution in [0.2, 0.25) is 121 Å². The normalized spacial score (nSPS) is 11.9. The van der Waals surface area contributed by atoms with Crippen molar-refractivity contribution in [3.05, 3.63) is 266 Å². The summed E-state index contributed by atoms with van der Waals surface area (Å²) in [7, 11) is 0. The number of H-pyrrole nitrogens is 6. The van der Waals surface area contributed by atoms with E-state index in [1.807, 2.05) is 0 Å². The van der Waals surface area contributed by atoms with Crippen LogP contribution in [0.1, 0.15) is 0 Å². The zero-order chi connectivity index (χ0) is 99.5. The number of aromatic nitrogens is 24. The molecule has 147 heavy (non-hydrogen) atoms. The summed E-state index contributed by atoms with van der Waals surface area (Å²) in [6.45, 7) is 0. The van der Waals surface area contributed by atoms with Crippen molar-refractivity contribution in [2.75, 3.05) is 0 Å². The van der Waals surface area contributed by atoms with Gasteiger partial charge in [-0.1, -0.05) is 313 Å². The van der Waals surface area contributed by atoms with E-state index >= 15 is 0 Å². The summed E-state index contributed by atoms with van der Waals surface area (Å²) in [5.41, 5.74) is 9.84. The van der Waals surface area contributed by atoms with Crippen molar-refractivity contribution >= 4 is 480 Å². The summed E-state index contributed by atoms with van der Waals surface area (Å²) < 4.78 is 0. The van der Waals surface area contributed by atoms with Crippen LogP contribution in [-0.4, -0.2) is 129 Å². The van der Waals surface area contributed by atoms with Crippen LogP contribution in [0.25, 0.3) is 269 Å². The van der Waals surface area contributed by atoms with Crippen molar-refractivity contribution in [2.45, 2.75) is 0 Å². The van der Waals surface area contributed by atoms with Crippen LogP contribution >= 0.6 is 278 Å². The molecular weight excluding hydrogens is 2410 g/mol. The number of hydrogen-bond donors (Lipinski definition) is 0. The van der Waals surface area contributed by atoms with Gasteiger partial charge in [-0.05, 0) is 167 Å². The van der Waals surface area contributed by atoms with Crippen LogP contribution < -0.4 is 59.8 Å². The van der Waals surface area contributed by atoms with Crippen molar-refractivity contribution in [1.29, 1.82) is 0 Å². The van der Waals surface area contributed by atoms with E-state index in [4.69, 9.17) is 368 Å². The molecule has 0 unspecified atom stereocenters. The van der Waals surface area contributed by atoms with Gasteiger partial charge in [0.25, 0.3) is 40.8 Å². The molecule has 6 N–H and O–H groups in total. The first-order valence-corrected chi connectivity index (χ1v) is 50.5. The maximum Gasteiger partial charge on any atom is 2.00 e. The third-order valence-corrected chi connectivity index (χ3v) is 32.1. The Bertz CT molecular complexity index is 9110. The Morgan fingerprint density at radius 2 is 0.252 bits per heavy atom. The Labute approximate surface area is 990 Å². The number of fused-ring (bicyclic) bond motifs is 60. The average molecular weight is 2440 g/mol. The third kappa shape index (κ3) is 17.5. The van der Waals surface area contributed by atoms with Crippen LogP contribution in [0.4, 0.5) is 0 Å². The summed E-state index contributed by atoms with van der Waals surface area (Å²) in [5, 5.41) is 14.8. The van der Waals surface area contributed by atoms with E-state index in [0.717, 1.165) is 0 Å². The fraction of sp³-hybridized carbons (Fsp3) is 0. The first kappa shape index (κ1) is 103. The zero-order valence-electron chi connectivity index (χ0n) is 72.1. The minimum atomic E-state index is 0. The monoisotopic (exact) mass is 2430 g/mol. The van der Waals surface area contributed by atoms with Gasteiger partial charge in [-0.3, -0.25) is 29.9 Å². The van der Waals surface area contributed by atoms with Gasteiger partial charge < -0.3 is 44.9 Å². The van der Waals surface area contributed by atoms with Crippen molar-refractivity contribution < 1.29 is 29.9 Å². The Kier molecular flexibility index (Phi) is 27.8. The molecule has 0 spiro atoms. The summed E-state index contributed by atoms with van der Waals surface area (Å²) in [6, 6.07) is 40.3. The largest absolute Gasteiger partial charge is 2.00 e. The molecule has 6 aliphatic rings. The Morgan fingerprint density at radius 3 is 0.408 bits per heavy atom. The van der Waals surface area contributed by atoms with Gasteiger partial charge in [0.15, 0.2) is 39.5 Å². The first-order chi connectivity index (χ1) is 69.1. The van der Waals surface area contributed by atoms with Crippen molar-refractivity contribution in [3.8, 4) is 137 Å². The third-order valence-electron chi connectivity index (χ3n) is 24.0. The topological polar surface area (TPSA) is 324 Å². The number of rotatable bonds is 0. The fourth-order valence-corrected chi connectivity index (χ4v) is 22.5. The molecule has 702 valence electrons. The number of hydrogen-bond acceptors (Lipinski definition) is 12. The van der Waals surface area contributed by atoms with Crippen LogP contribution in [0.3, 0.4) is 0 Å². The molecule has 15 heterocycles. The number of aromatic amines is 6. The second kappa shape index (κ2) is 39.5. The van der Waals surface area contributed by atoms with Gasteiger partial charge >= 0.3 is 69.2 Å². The number of halogens is 24. The Hall–Kier alpha value is -8.02. The van der Waals surface area contributed by atoms with Gasteiger partial charge in [0.2, 0.25) is 0 Å². The molecule has 51 heteroatoms. The second-order valence-corrected chi connectivity index (χ2v) is 42.1. The maximum atomic E-state index is 6.77. The summed E-state index contributed by atoms with van der Waals surface area (Å²) in [6.07, 6.45) is 0. The van der Waals surface area contributed by atoms with E-state index in [-0.39, 0.29) is 114 Å². The van der Waals surface area contributed by atoms with Crippen molar-refractivity contribution in [2.24, 2.45) is 0 Å². The van der Waals surface area contributed by atoms with E-state index in [2.05, 4.69) is 29.9 Å². The second-order valence-electron chi connectivity index (χ2n) is 32.4. The Balaban J connectivity index is 0.000000124. The van der Waals surface area contributed by atoms with E-state index in [1.54, 1.807) is 146 Å². The predicted molar refractivity (Wildman–Crippen MR) is 592 cm³/mol.